The van der Waals surface area contributed by atoms with Crippen LogP contribution < -0.4 is 5.32 Å². The van der Waals surface area contributed by atoms with Crippen molar-refractivity contribution in [1.82, 2.24) is 20.3 Å². The van der Waals surface area contributed by atoms with Gasteiger partial charge in [-0.15, -0.1) is 0 Å². The van der Waals surface area contributed by atoms with E-state index in [1.54, 1.807) is 6.20 Å². The molecule has 3 rings (SSSR count). The number of benzene rings is 1. The van der Waals surface area contributed by atoms with E-state index in [-0.39, 0.29) is 6.04 Å². The highest BCUT2D eigenvalue weighted by Gasteiger charge is 2.05. The fraction of sp³-hybridized carbons (Fsp3) is 0.188. The van der Waals surface area contributed by atoms with Gasteiger partial charge in [-0.05, 0) is 30.7 Å². The average molecular weight is 264 g/mol. The van der Waals surface area contributed by atoms with Crippen molar-refractivity contribution < 1.29 is 0 Å². The molecule has 0 radical (unpaired) electrons. The van der Waals surface area contributed by atoms with Crippen molar-refractivity contribution in [3.05, 3.63) is 66.2 Å². The molecule has 0 saturated carbocycles. The summed E-state index contributed by atoms with van der Waals surface area (Å²) in [4.78, 5) is 13.2. The first-order valence-corrected chi connectivity index (χ1v) is 6.67. The minimum Gasteiger partial charge on any atom is -0.304 e. The Balaban J connectivity index is 1.70. The third-order valence-electron chi connectivity index (χ3n) is 3.27. The molecule has 0 fully saturated rings. The number of hydrogen-bond donors (Lipinski definition) is 1. The number of rotatable bonds is 4. The standard InChI is InChI=1S/C16H16N4/c1-12(13-5-4-8-17-9-13)18-10-14-11-19-15-6-2-3-7-16(15)20-14/h2-9,11-12,18H,10H2,1H3/t12-/m1/s1. The smallest absolute Gasteiger partial charge is 0.0890 e. The summed E-state index contributed by atoms with van der Waals surface area (Å²) in [7, 11) is 0. The third kappa shape index (κ3) is 2.81. The van der Waals surface area contributed by atoms with E-state index in [9.17, 15) is 0 Å². The van der Waals surface area contributed by atoms with Crippen LogP contribution in [-0.4, -0.2) is 15.0 Å². The summed E-state index contributed by atoms with van der Waals surface area (Å²) in [6.07, 6.45) is 5.49. The first-order chi connectivity index (χ1) is 9.83. The topological polar surface area (TPSA) is 50.7 Å². The summed E-state index contributed by atoms with van der Waals surface area (Å²) in [5.41, 5.74) is 3.97. The highest BCUT2D eigenvalue weighted by atomic mass is 14.9. The number of hydrogen-bond acceptors (Lipinski definition) is 4. The number of nitrogens with zero attached hydrogens (tertiary/aromatic N) is 3. The zero-order chi connectivity index (χ0) is 13.8. The Hall–Kier alpha value is -2.33. The Morgan fingerprint density at radius 3 is 2.70 bits per heavy atom. The molecular weight excluding hydrogens is 248 g/mol. The molecule has 4 nitrogen and oxygen atoms in total. The second kappa shape index (κ2) is 5.75. The number of aromatic nitrogens is 3. The fourth-order valence-electron chi connectivity index (χ4n) is 2.09. The summed E-state index contributed by atoms with van der Waals surface area (Å²) in [5, 5.41) is 3.44. The van der Waals surface area contributed by atoms with Gasteiger partial charge in [0.25, 0.3) is 0 Å². The maximum Gasteiger partial charge on any atom is 0.0890 e. The molecule has 0 amide bonds. The van der Waals surface area contributed by atoms with Crippen molar-refractivity contribution in [1.29, 1.82) is 0 Å². The molecule has 20 heavy (non-hydrogen) atoms. The molecule has 1 aromatic carbocycles. The predicted octanol–water partition coefficient (Wildman–Crippen LogP) is 2.88. The van der Waals surface area contributed by atoms with Gasteiger partial charge in [0.15, 0.2) is 0 Å². The second-order valence-electron chi connectivity index (χ2n) is 4.74. The lowest BCUT2D eigenvalue weighted by atomic mass is 10.1. The summed E-state index contributed by atoms with van der Waals surface area (Å²) in [5.74, 6) is 0. The third-order valence-corrected chi connectivity index (χ3v) is 3.27. The fourth-order valence-corrected chi connectivity index (χ4v) is 2.09. The lowest BCUT2D eigenvalue weighted by Crippen LogP contribution is -2.19. The van der Waals surface area contributed by atoms with E-state index in [0.29, 0.717) is 6.54 Å². The number of pyridine rings is 1. The maximum atomic E-state index is 4.60. The average Bonchev–Trinajstić information content (AvgIpc) is 2.53. The van der Waals surface area contributed by atoms with E-state index in [2.05, 4.69) is 33.3 Å². The van der Waals surface area contributed by atoms with Crippen LogP contribution in [0.2, 0.25) is 0 Å². The zero-order valence-corrected chi connectivity index (χ0v) is 11.3. The number of nitrogens with one attached hydrogen (secondary N) is 1. The second-order valence-corrected chi connectivity index (χ2v) is 4.74. The predicted molar refractivity (Wildman–Crippen MR) is 79.0 cm³/mol. The molecular formula is C16H16N4. The molecule has 0 aliphatic carbocycles. The quantitative estimate of drug-likeness (QED) is 0.787. The van der Waals surface area contributed by atoms with Crippen LogP contribution in [0.4, 0.5) is 0 Å². The zero-order valence-electron chi connectivity index (χ0n) is 11.3. The van der Waals surface area contributed by atoms with Crippen LogP contribution in [0.5, 0.6) is 0 Å². The lowest BCUT2D eigenvalue weighted by molar-refractivity contribution is 0.566. The van der Waals surface area contributed by atoms with Gasteiger partial charge >= 0.3 is 0 Å². The van der Waals surface area contributed by atoms with Gasteiger partial charge in [-0.2, -0.15) is 0 Å². The van der Waals surface area contributed by atoms with Crippen LogP contribution in [0.1, 0.15) is 24.2 Å². The first-order valence-electron chi connectivity index (χ1n) is 6.67. The monoisotopic (exact) mass is 264 g/mol. The minimum absolute atomic E-state index is 0.233. The van der Waals surface area contributed by atoms with Crippen molar-refractivity contribution in [3.8, 4) is 0 Å². The van der Waals surface area contributed by atoms with Crippen LogP contribution in [0, 0.1) is 0 Å². The van der Waals surface area contributed by atoms with Gasteiger partial charge in [0.1, 0.15) is 0 Å². The summed E-state index contributed by atoms with van der Waals surface area (Å²) >= 11 is 0. The van der Waals surface area contributed by atoms with Crippen LogP contribution >= 0.6 is 0 Å². The molecule has 2 heterocycles. The normalized spacial score (nSPS) is 12.4. The van der Waals surface area contributed by atoms with E-state index in [1.165, 1.54) is 5.56 Å². The molecule has 0 aliphatic rings. The molecule has 4 heteroatoms. The highest BCUT2D eigenvalue weighted by molar-refractivity contribution is 5.73. The number of fused-ring (bicyclic) bond motifs is 1. The SMILES string of the molecule is C[C@@H](NCc1cnc2ccccc2n1)c1cccnc1. The Bertz CT molecular complexity index is 697. The first kappa shape index (κ1) is 12.7. The van der Waals surface area contributed by atoms with Crippen molar-refractivity contribution in [2.75, 3.05) is 0 Å². The molecule has 0 saturated heterocycles. The molecule has 1 atom stereocenters. The molecule has 0 spiro atoms. The molecule has 100 valence electrons. The summed E-state index contributed by atoms with van der Waals surface area (Å²) < 4.78 is 0. The van der Waals surface area contributed by atoms with Gasteiger partial charge in [0.2, 0.25) is 0 Å². The Labute approximate surface area is 117 Å². The van der Waals surface area contributed by atoms with Gasteiger partial charge in [0, 0.05) is 25.0 Å². The van der Waals surface area contributed by atoms with E-state index < -0.39 is 0 Å². The summed E-state index contributed by atoms with van der Waals surface area (Å²) in [6, 6.07) is 12.2. The Morgan fingerprint density at radius 2 is 1.90 bits per heavy atom. The van der Waals surface area contributed by atoms with E-state index in [4.69, 9.17) is 0 Å². The van der Waals surface area contributed by atoms with Gasteiger partial charge in [-0.25, -0.2) is 4.98 Å². The lowest BCUT2D eigenvalue weighted by Gasteiger charge is -2.13. The largest absolute Gasteiger partial charge is 0.304 e. The molecule has 2 aromatic heterocycles. The number of para-hydroxylation sites is 2. The van der Waals surface area contributed by atoms with Crippen molar-refractivity contribution in [2.45, 2.75) is 19.5 Å². The van der Waals surface area contributed by atoms with Gasteiger partial charge < -0.3 is 5.32 Å². The minimum atomic E-state index is 0.233. The van der Waals surface area contributed by atoms with Crippen LogP contribution in [0.3, 0.4) is 0 Å². The van der Waals surface area contributed by atoms with Crippen LogP contribution in [0.25, 0.3) is 11.0 Å². The van der Waals surface area contributed by atoms with E-state index in [1.807, 2.05) is 42.7 Å². The Morgan fingerprint density at radius 1 is 1.05 bits per heavy atom. The van der Waals surface area contributed by atoms with E-state index in [0.717, 1.165) is 16.7 Å². The molecule has 0 aliphatic heterocycles. The van der Waals surface area contributed by atoms with Gasteiger partial charge in [-0.1, -0.05) is 18.2 Å². The molecule has 3 aromatic rings. The Kier molecular flexibility index (Phi) is 3.65. The summed E-state index contributed by atoms with van der Waals surface area (Å²) in [6.45, 7) is 2.80. The molecule has 1 N–H and O–H groups in total. The van der Waals surface area contributed by atoms with E-state index >= 15 is 0 Å². The maximum absolute atomic E-state index is 4.60. The van der Waals surface area contributed by atoms with Crippen molar-refractivity contribution >= 4 is 11.0 Å². The van der Waals surface area contributed by atoms with Crippen LogP contribution in [-0.2, 0) is 6.54 Å². The van der Waals surface area contributed by atoms with Crippen molar-refractivity contribution in [2.24, 2.45) is 0 Å². The highest BCUT2D eigenvalue weighted by Crippen LogP contribution is 2.12. The van der Waals surface area contributed by atoms with Crippen molar-refractivity contribution in [3.63, 3.8) is 0 Å². The van der Waals surface area contributed by atoms with Gasteiger partial charge in [0.05, 0.1) is 22.9 Å². The molecule has 0 bridgehead atoms. The molecule has 0 unspecified atom stereocenters. The van der Waals surface area contributed by atoms with Crippen LogP contribution in [0.15, 0.2) is 55.0 Å². The van der Waals surface area contributed by atoms with Gasteiger partial charge in [-0.3, -0.25) is 9.97 Å².